The van der Waals surface area contributed by atoms with Gasteiger partial charge in [-0.05, 0) is 74.1 Å². The Morgan fingerprint density at radius 1 is 1.35 bits per heavy atom. The molecule has 0 amide bonds. The van der Waals surface area contributed by atoms with Crippen LogP contribution in [-0.2, 0) is 6.54 Å². The van der Waals surface area contributed by atoms with Crippen molar-refractivity contribution in [3.8, 4) is 0 Å². The summed E-state index contributed by atoms with van der Waals surface area (Å²) in [5.74, 6) is 1.85. The Labute approximate surface area is 162 Å². The highest BCUT2D eigenvalue weighted by atomic mass is 127. The normalized spacial score (nSPS) is 16.9. The molecule has 6 heteroatoms. The van der Waals surface area contributed by atoms with E-state index in [9.17, 15) is 0 Å². The molecular formula is C17H31IN4S. The van der Waals surface area contributed by atoms with Gasteiger partial charge in [-0.2, -0.15) is 11.3 Å². The van der Waals surface area contributed by atoms with Crippen molar-refractivity contribution < 1.29 is 0 Å². The molecule has 4 nitrogen and oxygen atoms in total. The molecule has 1 aromatic rings. The summed E-state index contributed by atoms with van der Waals surface area (Å²) in [6.45, 7) is 10.9. The number of nitrogens with one attached hydrogen (secondary N) is 2. The number of halogens is 1. The fraction of sp³-hybridized carbons (Fsp3) is 0.706. The van der Waals surface area contributed by atoms with Gasteiger partial charge in [0.05, 0.1) is 6.54 Å². The Hall–Kier alpha value is -0.340. The third-order valence-corrected chi connectivity index (χ3v) is 4.90. The monoisotopic (exact) mass is 450 g/mol. The van der Waals surface area contributed by atoms with Crippen LogP contribution in [0.25, 0.3) is 0 Å². The van der Waals surface area contributed by atoms with Gasteiger partial charge in [0.25, 0.3) is 0 Å². The zero-order valence-corrected chi connectivity index (χ0v) is 17.5. The summed E-state index contributed by atoms with van der Waals surface area (Å²) in [7, 11) is 0. The molecule has 0 spiro atoms. The minimum absolute atomic E-state index is 0. The van der Waals surface area contributed by atoms with E-state index in [-0.39, 0.29) is 24.0 Å². The van der Waals surface area contributed by atoms with Crippen molar-refractivity contribution in [3.63, 3.8) is 0 Å². The molecule has 0 aromatic carbocycles. The van der Waals surface area contributed by atoms with Crippen molar-refractivity contribution in [2.24, 2.45) is 10.9 Å². The Bertz CT molecular complexity index is 428. The van der Waals surface area contributed by atoms with Crippen LogP contribution in [-0.4, -0.2) is 43.6 Å². The highest BCUT2D eigenvalue weighted by Crippen LogP contribution is 2.15. The third-order valence-electron chi connectivity index (χ3n) is 4.16. The molecule has 0 aliphatic carbocycles. The van der Waals surface area contributed by atoms with Gasteiger partial charge in [0.2, 0.25) is 0 Å². The SMILES string of the molecule is CCNC(=NCc1ccsc1)NCCCN1CCC(C)CC1.I. The molecule has 132 valence electrons. The first kappa shape index (κ1) is 20.7. The highest BCUT2D eigenvalue weighted by molar-refractivity contribution is 14.0. The van der Waals surface area contributed by atoms with Crippen molar-refractivity contribution >= 4 is 41.3 Å². The lowest BCUT2D eigenvalue weighted by atomic mass is 9.99. The number of rotatable bonds is 7. The number of thiophene rings is 1. The summed E-state index contributed by atoms with van der Waals surface area (Å²) in [6, 6.07) is 2.13. The second-order valence-corrected chi connectivity index (χ2v) is 6.91. The van der Waals surface area contributed by atoms with E-state index in [1.165, 1.54) is 44.5 Å². The number of piperidine rings is 1. The summed E-state index contributed by atoms with van der Waals surface area (Å²) in [5.41, 5.74) is 1.28. The Kier molecular flexibility index (Phi) is 10.9. The topological polar surface area (TPSA) is 39.7 Å². The standard InChI is InChI=1S/C17H30N4S.HI/c1-3-18-17(20-13-16-7-12-22-14-16)19-8-4-9-21-10-5-15(2)6-11-21;/h7,12,14-15H,3-6,8-11,13H2,1-2H3,(H2,18,19,20);1H. The number of hydrogen-bond donors (Lipinski definition) is 2. The van der Waals surface area contributed by atoms with Crippen molar-refractivity contribution in [2.75, 3.05) is 32.7 Å². The maximum atomic E-state index is 4.64. The highest BCUT2D eigenvalue weighted by Gasteiger charge is 2.14. The molecule has 2 rings (SSSR count). The summed E-state index contributed by atoms with van der Waals surface area (Å²) in [5, 5.41) is 11.0. The zero-order valence-electron chi connectivity index (χ0n) is 14.4. The van der Waals surface area contributed by atoms with Crippen LogP contribution in [0.15, 0.2) is 21.8 Å². The van der Waals surface area contributed by atoms with Crippen LogP contribution in [0.5, 0.6) is 0 Å². The summed E-state index contributed by atoms with van der Waals surface area (Å²) in [6.07, 6.45) is 3.90. The van der Waals surface area contributed by atoms with E-state index in [2.05, 4.69) is 51.2 Å². The van der Waals surface area contributed by atoms with Crippen molar-refractivity contribution in [3.05, 3.63) is 22.4 Å². The quantitative estimate of drug-likeness (QED) is 0.289. The molecule has 23 heavy (non-hydrogen) atoms. The Balaban J connectivity index is 0.00000264. The summed E-state index contributed by atoms with van der Waals surface area (Å²) in [4.78, 5) is 7.23. The average molecular weight is 450 g/mol. The molecule has 2 N–H and O–H groups in total. The van der Waals surface area contributed by atoms with Gasteiger partial charge >= 0.3 is 0 Å². The number of guanidine groups is 1. The fourth-order valence-corrected chi connectivity index (χ4v) is 3.35. The van der Waals surface area contributed by atoms with Gasteiger partial charge in [-0.1, -0.05) is 6.92 Å². The van der Waals surface area contributed by atoms with Crippen LogP contribution in [0.3, 0.4) is 0 Å². The Morgan fingerprint density at radius 2 is 2.13 bits per heavy atom. The van der Waals surface area contributed by atoms with E-state index >= 15 is 0 Å². The maximum Gasteiger partial charge on any atom is 0.191 e. The zero-order chi connectivity index (χ0) is 15.6. The molecule has 0 saturated carbocycles. The van der Waals surface area contributed by atoms with E-state index in [0.717, 1.165) is 31.5 Å². The number of hydrogen-bond acceptors (Lipinski definition) is 3. The van der Waals surface area contributed by atoms with Gasteiger partial charge in [-0.15, -0.1) is 24.0 Å². The predicted molar refractivity (Wildman–Crippen MR) is 112 cm³/mol. The lowest BCUT2D eigenvalue weighted by Crippen LogP contribution is -2.39. The molecule has 2 heterocycles. The minimum Gasteiger partial charge on any atom is -0.357 e. The third kappa shape index (κ3) is 8.35. The van der Waals surface area contributed by atoms with Gasteiger partial charge in [0.1, 0.15) is 0 Å². The molecule has 1 saturated heterocycles. The maximum absolute atomic E-state index is 4.64. The molecule has 1 fully saturated rings. The molecule has 0 radical (unpaired) electrons. The van der Waals surface area contributed by atoms with Gasteiger partial charge < -0.3 is 15.5 Å². The van der Waals surface area contributed by atoms with E-state index in [4.69, 9.17) is 0 Å². The number of likely N-dealkylation sites (tertiary alicyclic amines) is 1. The van der Waals surface area contributed by atoms with Gasteiger partial charge in [0.15, 0.2) is 5.96 Å². The molecule has 1 aliphatic heterocycles. The second kappa shape index (κ2) is 12.1. The van der Waals surface area contributed by atoms with Crippen LogP contribution in [0.1, 0.15) is 38.7 Å². The predicted octanol–water partition coefficient (Wildman–Crippen LogP) is 3.54. The molecule has 1 aromatic heterocycles. The first-order chi connectivity index (χ1) is 10.8. The minimum atomic E-state index is 0. The van der Waals surface area contributed by atoms with Gasteiger partial charge in [-0.25, -0.2) is 4.99 Å². The lowest BCUT2D eigenvalue weighted by molar-refractivity contribution is 0.191. The van der Waals surface area contributed by atoms with Gasteiger partial charge in [0, 0.05) is 13.1 Å². The first-order valence-electron chi connectivity index (χ1n) is 8.53. The van der Waals surface area contributed by atoms with Crippen molar-refractivity contribution in [2.45, 2.75) is 39.7 Å². The van der Waals surface area contributed by atoms with Crippen LogP contribution >= 0.6 is 35.3 Å². The molecule has 0 atom stereocenters. The van der Waals surface area contributed by atoms with Gasteiger partial charge in [-0.3, -0.25) is 0 Å². The second-order valence-electron chi connectivity index (χ2n) is 6.13. The molecule has 0 bridgehead atoms. The van der Waals surface area contributed by atoms with Crippen molar-refractivity contribution in [1.82, 2.24) is 15.5 Å². The van der Waals surface area contributed by atoms with Crippen LogP contribution < -0.4 is 10.6 Å². The van der Waals surface area contributed by atoms with Crippen molar-refractivity contribution in [1.29, 1.82) is 0 Å². The number of aliphatic imine (C=N–C) groups is 1. The van der Waals surface area contributed by atoms with E-state index in [0.29, 0.717) is 0 Å². The van der Waals surface area contributed by atoms with Crippen LogP contribution in [0.2, 0.25) is 0 Å². The van der Waals surface area contributed by atoms with E-state index in [1.54, 1.807) is 11.3 Å². The first-order valence-corrected chi connectivity index (χ1v) is 9.48. The summed E-state index contributed by atoms with van der Waals surface area (Å²) >= 11 is 1.73. The summed E-state index contributed by atoms with van der Waals surface area (Å²) < 4.78 is 0. The smallest absolute Gasteiger partial charge is 0.191 e. The number of nitrogens with zero attached hydrogens (tertiary/aromatic N) is 2. The average Bonchev–Trinajstić information content (AvgIpc) is 3.04. The molecule has 1 aliphatic rings. The largest absolute Gasteiger partial charge is 0.357 e. The van der Waals surface area contributed by atoms with Crippen LogP contribution in [0.4, 0.5) is 0 Å². The van der Waals surface area contributed by atoms with E-state index < -0.39 is 0 Å². The Morgan fingerprint density at radius 3 is 2.78 bits per heavy atom. The fourth-order valence-electron chi connectivity index (χ4n) is 2.69. The lowest BCUT2D eigenvalue weighted by Gasteiger charge is -2.30. The molecular weight excluding hydrogens is 419 g/mol. The van der Waals surface area contributed by atoms with Crippen LogP contribution in [0, 0.1) is 5.92 Å². The van der Waals surface area contributed by atoms with E-state index in [1.807, 2.05) is 0 Å². The molecule has 0 unspecified atom stereocenters.